The lowest BCUT2D eigenvalue weighted by Gasteiger charge is -1.95. The summed E-state index contributed by atoms with van der Waals surface area (Å²) < 4.78 is 1.90. The lowest BCUT2D eigenvalue weighted by molar-refractivity contribution is -0.384. The molecule has 0 fully saturated rings. The van der Waals surface area contributed by atoms with Crippen LogP contribution in [0.4, 0.5) is 5.69 Å². The number of imidazole rings is 1. The Kier molecular flexibility index (Phi) is 2.15. The summed E-state index contributed by atoms with van der Waals surface area (Å²) in [5.41, 5.74) is 1.59. The summed E-state index contributed by atoms with van der Waals surface area (Å²) in [5.74, 6) is 0. The lowest BCUT2D eigenvalue weighted by atomic mass is 10.1. The van der Waals surface area contributed by atoms with Gasteiger partial charge in [0.15, 0.2) is 4.96 Å². The Labute approximate surface area is 100 Å². The van der Waals surface area contributed by atoms with E-state index in [0.29, 0.717) is 0 Å². The average molecular weight is 245 g/mol. The number of hydrogen-bond donors (Lipinski definition) is 0. The highest BCUT2D eigenvalue weighted by Gasteiger charge is 2.09. The van der Waals surface area contributed by atoms with Gasteiger partial charge in [-0.25, -0.2) is 4.98 Å². The Bertz CT molecular complexity index is 673. The van der Waals surface area contributed by atoms with Gasteiger partial charge >= 0.3 is 0 Å². The average Bonchev–Trinajstić information content (AvgIpc) is 2.89. The van der Waals surface area contributed by atoms with E-state index in [1.807, 2.05) is 28.2 Å². The number of benzene rings is 1. The van der Waals surface area contributed by atoms with Crippen LogP contribution in [0, 0.1) is 10.1 Å². The minimum atomic E-state index is -0.401. The van der Waals surface area contributed by atoms with Crippen molar-refractivity contribution in [3.63, 3.8) is 0 Å². The second-order valence-electron chi connectivity index (χ2n) is 3.53. The molecule has 1 aromatic carbocycles. The van der Waals surface area contributed by atoms with Gasteiger partial charge in [-0.1, -0.05) is 12.1 Å². The SMILES string of the molecule is O=[N+]([O-])c1cccc(-c2cn3ccsc3n2)c1. The van der Waals surface area contributed by atoms with E-state index in [9.17, 15) is 10.1 Å². The fraction of sp³-hybridized carbons (Fsp3) is 0. The van der Waals surface area contributed by atoms with Crippen LogP contribution in [-0.2, 0) is 0 Å². The number of fused-ring (bicyclic) bond motifs is 1. The van der Waals surface area contributed by atoms with Crippen molar-refractivity contribution in [2.24, 2.45) is 0 Å². The fourth-order valence-electron chi connectivity index (χ4n) is 1.65. The van der Waals surface area contributed by atoms with E-state index < -0.39 is 4.92 Å². The zero-order valence-corrected chi connectivity index (χ0v) is 9.42. The Morgan fingerprint density at radius 2 is 2.29 bits per heavy atom. The van der Waals surface area contributed by atoms with Gasteiger partial charge in [0.1, 0.15) is 0 Å². The molecule has 2 heterocycles. The van der Waals surface area contributed by atoms with Gasteiger partial charge in [-0.15, -0.1) is 11.3 Å². The molecule has 84 valence electrons. The lowest BCUT2D eigenvalue weighted by Crippen LogP contribution is -1.87. The standard InChI is InChI=1S/C11H7N3O2S/c15-14(16)9-3-1-2-8(6-9)10-7-13-4-5-17-11(13)12-10/h1-7H. The highest BCUT2D eigenvalue weighted by atomic mass is 32.1. The number of nitro groups is 1. The first-order valence-corrected chi connectivity index (χ1v) is 5.79. The van der Waals surface area contributed by atoms with Gasteiger partial charge in [-0.05, 0) is 0 Å². The monoisotopic (exact) mass is 245 g/mol. The quantitative estimate of drug-likeness (QED) is 0.515. The van der Waals surface area contributed by atoms with E-state index in [0.717, 1.165) is 16.2 Å². The Morgan fingerprint density at radius 1 is 1.41 bits per heavy atom. The maximum absolute atomic E-state index is 10.7. The van der Waals surface area contributed by atoms with Crippen LogP contribution in [0.2, 0.25) is 0 Å². The van der Waals surface area contributed by atoms with Gasteiger partial charge in [0.25, 0.3) is 5.69 Å². The number of aromatic nitrogens is 2. The van der Waals surface area contributed by atoms with Crippen molar-refractivity contribution in [3.8, 4) is 11.3 Å². The maximum atomic E-state index is 10.7. The van der Waals surface area contributed by atoms with Crippen molar-refractivity contribution in [2.45, 2.75) is 0 Å². The molecule has 3 rings (SSSR count). The second-order valence-corrected chi connectivity index (χ2v) is 4.40. The number of hydrogen-bond acceptors (Lipinski definition) is 4. The highest BCUT2D eigenvalue weighted by Crippen LogP contribution is 2.24. The van der Waals surface area contributed by atoms with E-state index in [4.69, 9.17) is 0 Å². The van der Waals surface area contributed by atoms with Gasteiger partial charge in [-0.2, -0.15) is 0 Å². The van der Waals surface area contributed by atoms with Crippen molar-refractivity contribution < 1.29 is 4.92 Å². The van der Waals surface area contributed by atoms with Gasteiger partial charge in [0.2, 0.25) is 0 Å². The van der Waals surface area contributed by atoms with E-state index in [1.165, 1.54) is 23.5 Å². The third kappa shape index (κ3) is 1.68. The molecule has 0 aliphatic heterocycles. The van der Waals surface area contributed by atoms with Crippen LogP contribution >= 0.6 is 11.3 Å². The van der Waals surface area contributed by atoms with Crippen LogP contribution in [0.15, 0.2) is 42.0 Å². The fourth-order valence-corrected chi connectivity index (χ4v) is 2.35. The van der Waals surface area contributed by atoms with Crippen molar-refractivity contribution in [2.75, 3.05) is 0 Å². The third-order valence-corrected chi connectivity index (χ3v) is 3.22. The van der Waals surface area contributed by atoms with Crippen LogP contribution in [0.1, 0.15) is 0 Å². The zero-order valence-electron chi connectivity index (χ0n) is 8.61. The van der Waals surface area contributed by atoms with Crippen LogP contribution in [0.5, 0.6) is 0 Å². The number of nitrogens with zero attached hydrogens (tertiary/aromatic N) is 3. The van der Waals surface area contributed by atoms with E-state index >= 15 is 0 Å². The third-order valence-electron chi connectivity index (χ3n) is 2.45. The summed E-state index contributed by atoms with van der Waals surface area (Å²) >= 11 is 1.53. The molecule has 0 amide bonds. The van der Waals surface area contributed by atoms with Crippen LogP contribution in [-0.4, -0.2) is 14.3 Å². The predicted octanol–water partition coefficient (Wildman–Crippen LogP) is 2.97. The molecule has 3 aromatic rings. The van der Waals surface area contributed by atoms with Crippen LogP contribution < -0.4 is 0 Å². The first kappa shape index (κ1) is 9.98. The molecule has 0 spiro atoms. The normalized spacial score (nSPS) is 10.8. The number of non-ortho nitro benzene ring substituents is 1. The molecule has 0 atom stereocenters. The van der Waals surface area contributed by atoms with Gasteiger partial charge < -0.3 is 0 Å². The molecule has 0 N–H and O–H groups in total. The number of rotatable bonds is 2. The molecule has 5 nitrogen and oxygen atoms in total. The van der Waals surface area contributed by atoms with Crippen molar-refractivity contribution in [3.05, 3.63) is 52.2 Å². The number of thiazole rings is 1. The van der Waals surface area contributed by atoms with Gasteiger partial charge in [0, 0.05) is 35.5 Å². The Balaban J connectivity index is 2.12. The minimum Gasteiger partial charge on any atom is -0.297 e. The predicted molar refractivity (Wildman–Crippen MR) is 65.2 cm³/mol. The molecule has 17 heavy (non-hydrogen) atoms. The molecule has 0 aliphatic carbocycles. The minimum absolute atomic E-state index is 0.0823. The summed E-state index contributed by atoms with van der Waals surface area (Å²) in [6.45, 7) is 0. The molecule has 0 unspecified atom stereocenters. The van der Waals surface area contributed by atoms with E-state index in [1.54, 1.807) is 6.07 Å². The van der Waals surface area contributed by atoms with Crippen molar-refractivity contribution in [1.29, 1.82) is 0 Å². The molecule has 0 aliphatic rings. The molecular weight excluding hydrogens is 238 g/mol. The first-order chi connectivity index (χ1) is 8.24. The van der Waals surface area contributed by atoms with Gasteiger partial charge in [-0.3, -0.25) is 14.5 Å². The van der Waals surface area contributed by atoms with E-state index in [2.05, 4.69) is 4.98 Å². The molecule has 2 aromatic heterocycles. The molecular formula is C11H7N3O2S. The van der Waals surface area contributed by atoms with Gasteiger partial charge in [0.05, 0.1) is 10.6 Å². The smallest absolute Gasteiger partial charge is 0.270 e. The van der Waals surface area contributed by atoms with Crippen LogP contribution in [0.25, 0.3) is 16.2 Å². The summed E-state index contributed by atoms with van der Waals surface area (Å²) in [4.78, 5) is 15.6. The molecule has 0 radical (unpaired) electrons. The summed E-state index contributed by atoms with van der Waals surface area (Å²) in [5, 5.41) is 12.6. The number of nitro benzene ring substituents is 1. The Hall–Kier alpha value is -2.21. The van der Waals surface area contributed by atoms with E-state index in [-0.39, 0.29) is 5.69 Å². The molecule has 0 saturated carbocycles. The van der Waals surface area contributed by atoms with Crippen LogP contribution in [0.3, 0.4) is 0 Å². The van der Waals surface area contributed by atoms with Crippen molar-refractivity contribution >= 4 is 22.0 Å². The first-order valence-electron chi connectivity index (χ1n) is 4.91. The second kappa shape index (κ2) is 3.67. The van der Waals surface area contributed by atoms with Crippen molar-refractivity contribution in [1.82, 2.24) is 9.38 Å². The molecule has 6 heteroatoms. The maximum Gasteiger partial charge on any atom is 0.270 e. The zero-order chi connectivity index (χ0) is 11.8. The molecule has 0 saturated heterocycles. The topological polar surface area (TPSA) is 60.4 Å². The summed E-state index contributed by atoms with van der Waals surface area (Å²) in [7, 11) is 0. The Morgan fingerprint density at radius 3 is 3.06 bits per heavy atom. The summed E-state index contributed by atoms with van der Waals surface area (Å²) in [6.07, 6.45) is 3.78. The molecule has 0 bridgehead atoms. The largest absolute Gasteiger partial charge is 0.297 e. The highest BCUT2D eigenvalue weighted by molar-refractivity contribution is 7.15. The summed E-state index contributed by atoms with van der Waals surface area (Å²) in [6, 6.07) is 6.49.